The molecule has 0 aliphatic rings. The van der Waals surface area contributed by atoms with Gasteiger partial charge in [-0.2, -0.15) is 5.26 Å². The lowest BCUT2D eigenvalue weighted by atomic mass is 9.95. The lowest BCUT2D eigenvalue weighted by Crippen LogP contribution is -2.07. The summed E-state index contributed by atoms with van der Waals surface area (Å²) >= 11 is 0. The molecule has 0 aromatic rings. The normalized spacial score (nSPS) is 11.6. The summed E-state index contributed by atoms with van der Waals surface area (Å²) in [5, 5.41) is 8.88. The predicted octanol–water partition coefficient (Wildman–Crippen LogP) is 3.80. The van der Waals surface area contributed by atoms with E-state index in [2.05, 4.69) is 19.2 Å². The second-order valence-corrected chi connectivity index (χ2v) is 4.54. The molecule has 0 fully saturated rings. The minimum absolute atomic E-state index is 0.175. The molecule has 0 aromatic carbocycles. The van der Waals surface area contributed by atoms with E-state index in [-0.39, 0.29) is 11.7 Å². The number of Topliss-reactive ketones (excluding diaryl/α,β-unsaturated/α-hetero) is 1. The minimum atomic E-state index is -0.199. The Labute approximate surface area is 98.7 Å². The van der Waals surface area contributed by atoms with Gasteiger partial charge in [0.15, 0.2) is 0 Å². The average Bonchev–Trinajstić information content (AvgIpc) is 2.15. The van der Waals surface area contributed by atoms with Crippen LogP contribution in [0.5, 0.6) is 0 Å². The largest absolute Gasteiger partial charge is 0.300 e. The highest BCUT2D eigenvalue weighted by Gasteiger charge is 2.12. The second-order valence-electron chi connectivity index (χ2n) is 4.54. The van der Waals surface area contributed by atoms with E-state index in [9.17, 15) is 4.79 Å². The Morgan fingerprint density at radius 3 is 2.25 bits per heavy atom. The van der Waals surface area contributed by atoms with Crippen LogP contribution in [-0.2, 0) is 4.79 Å². The van der Waals surface area contributed by atoms with Crippen molar-refractivity contribution < 1.29 is 4.79 Å². The first-order chi connectivity index (χ1) is 7.45. The topological polar surface area (TPSA) is 40.9 Å². The van der Waals surface area contributed by atoms with Crippen molar-refractivity contribution in [1.82, 2.24) is 0 Å². The summed E-state index contributed by atoms with van der Waals surface area (Å²) in [6.07, 6.45) is 3.28. The molecule has 0 amide bonds. The lowest BCUT2D eigenvalue weighted by Gasteiger charge is -2.07. The van der Waals surface area contributed by atoms with Crippen LogP contribution in [0.4, 0.5) is 0 Å². The highest BCUT2D eigenvalue weighted by atomic mass is 16.1. The second kappa shape index (κ2) is 7.87. The summed E-state index contributed by atoms with van der Waals surface area (Å²) < 4.78 is 0. The van der Waals surface area contributed by atoms with Gasteiger partial charge in [-0.15, -0.1) is 13.2 Å². The van der Waals surface area contributed by atoms with Gasteiger partial charge in [-0.25, -0.2) is 0 Å². The van der Waals surface area contributed by atoms with Gasteiger partial charge in [0.2, 0.25) is 0 Å². The molecule has 0 radical (unpaired) electrons. The summed E-state index contributed by atoms with van der Waals surface area (Å²) in [7, 11) is 0. The first-order valence-electron chi connectivity index (χ1n) is 5.65. The van der Waals surface area contributed by atoms with Crippen molar-refractivity contribution in [1.29, 1.82) is 5.26 Å². The monoisotopic (exact) mass is 219 g/mol. The van der Waals surface area contributed by atoms with E-state index in [1.165, 1.54) is 0 Å². The number of hydrogen-bond acceptors (Lipinski definition) is 2. The molecule has 0 aromatic heterocycles. The Balaban J connectivity index is 3.88. The molecule has 0 N–H and O–H groups in total. The number of nitrogens with zero attached hydrogens (tertiary/aromatic N) is 1. The number of carbonyl (C=O) groups is 1. The van der Waals surface area contributed by atoms with Crippen molar-refractivity contribution in [2.45, 2.75) is 46.0 Å². The zero-order chi connectivity index (χ0) is 12.6. The van der Waals surface area contributed by atoms with Crippen molar-refractivity contribution in [2.75, 3.05) is 0 Å². The van der Waals surface area contributed by atoms with Crippen molar-refractivity contribution in [3.05, 3.63) is 24.3 Å². The third-order valence-electron chi connectivity index (χ3n) is 2.31. The molecule has 0 aliphatic carbocycles. The molecule has 88 valence electrons. The van der Waals surface area contributed by atoms with Crippen molar-refractivity contribution in [2.24, 2.45) is 5.92 Å². The molecule has 0 heterocycles. The van der Waals surface area contributed by atoms with E-state index >= 15 is 0 Å². The van der Waals surface area contributed by atoms with Gasteiger partial charge in [0.05, 0.1) is 12.0 Å². The lowest BCUT2D eigenvalue weighted by molar-refractivity contribution is -0.119. The summed E-state index contributed by atoms with van der Waals surface area (Å²) in [5.41, 5.74) is 2.06. The quantitative estimate of drug-likeness (QED) is 0.583. The number of rotatable bonds is 8. The van der Waals surface area contributed by atoms with Crippen LogP contribution in [0.2, 0.25) is 0 Å². The number of carbonyl (C=O) groups excluding carboxylic acids is 1. The SMILES string of the molecule is C=C(C)CCCC(=O)CC(C#N)CC(=C)C. The van der Waals surface area contributed by atoms with E-state index in [0.29, 0.717) is 19.3 Å². The maximum atomic E-state index is 11.6. The van der Waals surface area contributed by atoms with Crippen LogP contribution >= 0.6 is 0 Å². The zero-order valence-corrected chi connectivity index (χ0v) is 10.4. The van der Waals surface area contributed by atoms with Crippen LogP contribution in [0.25, 0.3) is 0 Å². The van der Waals surface area contributed by atoms with Gasteiger partial charge < -0.3 is 0 Å². The molecule has 0 saturated heterocycles. The van der Waals surface area contributed by atoms with Gasteiger partial charge in [-0.3, -0.25) is 4.79 Å². The molecule has 0 bridgehead atoms. The van der Waals surface area contributed by atoms with Gasteiger partial charge in [-0.1, -0.05) is 11.1 Å². The van der Waals surface area contributed by atoms with E-state index < -0.39 is 0 Å². The van der Waals surface area contributed by atoms with Crippen LogP contribution in [0.3, 0.4) is 0 Å². The molecule has 2 nitrogen and oxygen atoms in total. The number of allylic oxidation sites excluding steroid dienone is 2. The Morgan fingerprint density at radius 1 is 1.19 bits per heavy atom. The van der Waals surface area contributed by atoms with E-state index in [4.69, 9.17) is 5.26 Å². The van der Waals surface area contributed by atoms with Gasteiger partial charge in [0.25, 0.3) is 0 Å². The van der Waals surface area contributed by atoms with Crippen LogP contribution in [0.1, 0.15) is 46.0 Å². The maximum Gasteiger partial charge on any atom is 0.134 e. The maximum absolute atomic E-state index is 11.6. The predicted molar refractivity (Wildman–Crippen MR) is 66.8 cm³/mol. The van der Waals surface area contributed by atoms with Crippen LogP contribution in [0, 0.1) is 17.2 Å². The van der Waals surface area contributed by atoms with Gasteiger partial charge in [0, 0.05) is 12.8 Å². The number of nitriles is 1. The fourth-order valence-electron chi connectivity index (χ4n) is 1.55. The standard InChI is InChI=1S/C14H21NO/c1-11(2)6-5-7-14(16)9-13(10-15)8-12(3)4/h13H,1,3,5-9H2,2,4H3. The molecule has 2 heteroatoms. The van der Waals surface area contributed by atoms with E-state index in [1.807, 2.05) is 13.8 Å². The Hall–Kier alpha value is -1.36. The van der Waals surface area contributed by atoms with Gasteiger partial charge in [-0.05, 0) is 33.1 Å². The fraction of sp³-hybridized carbons (Fsp3) is 0.571. The van der Waals surface area contributed by atoms with Crippen molar-refractivity contribution in [3.63, 3.8) is 0 Å². The molecule has 0 spiro atoms. The Bertz CT molecular complexity index is 309. The van der Waals surface area contributed by atoms with Gasteiger partial charge in [0.1, 0.15) is 5.78 Å². The molecule has 0 saturated carbocycles. The summed E-state index contributed by atoms with van der Waals surface area (Å²) in [6, 6.07) is 2.16. The van der Waals surface area contributed by atoms with E-state index in [1.54, 1.807) is 0 Å². The highest BCUT2D eigenvalue weighted by Crippen LogP contribution is 2.15. The summed E-state index contributed by atoms with van der Waals surface area (Å²) in [5.74, 6) is -0.0242. The molecule has 1 unspecified atom stereocenters. The number of ketones is 1. The summed E-state index contributed by atoms with van der Waals surface area (Å²) in [4.78, 5) is 11.6. The third kappa shape index (κ3) is 7.99. The molecule has 0 aliphatic heterocycles. The highest BCUT2D eigenvalue weighted by molar-refractivity contribution is 5.78. The van der Waals surface area contributed by atoms with Crippen molar-refractivity contribution in [3.8, 4) is 6.07 Å². The van der Waals surface area contributed by atoms with Crippen LogP contribution in [0.15, 0.2) is 24.3 Å². The molecular formula is C14H21NO. The first kappa shape index (κ1) is 14.6. The number of hydrogen-bond donors (Lipinski definition) is 0. The minimum Gasteiger partial charge on any atom is -0.300 e. The first-order valence-corrected chi connectivity index (χ1v) is 5.65. The smallest absolute Gasteiger partial charge is 0.134 e. The van der Waals surface area contributed by atoms with E-state index in [0.717, 1.165) is 24.0 Å². The average molecular weight is 219 g/mol. The molecular weight excluding hydrogens is 198 g/mol. The fourth-order valence-corrected chi connectivity index (χ4v) is 1.55. The Morgan fingerprint density at radius 2 is 1.81 bits per heavy atom. The van der Waals surface area contributed by atoms with Crippen LogP contribution in [-0.4, -0.2) is 5.78 Å². The summed E-state index contributed by atoms with van der Waals surface area (Å²) in [6.45, 7) is 11.4. The Kier molecular flexibility index (Phi) is 7.20. The van der Waals surface area contributed by atoms with Gasteiger partial charge >= 0.3 is 0 Å². The third-order valence-corrected chi connectivity index (χ3v) is 2.31. The molecule has 16 heavy (non-hydrogen) atoms. The molecule has 0 rings (SSSR count). The zero-order valence-electron chi connectivity index (χ0n) is 10.4. The van der Waals surface area contributed by atoms with Crippen LogP contribution < -0.4 is 0 Å². The molecule has 1 atom stereocenters. The van der Waals surface area contributed by atoms with Crippen molar-refractivity contribution >= 4 is 5.78 Å².